The van der Waals surface area contributed by atoms with E-state index in [9.17, 15) is 4.79 Å². The first-order chi connectivity index (χ1) is 19.5. The molecule has 6 aromatic heterocycles. The van der Waals surface area contributed by atoms with Crippen molar-refractivity contribution in [1.82, 2.24) is 39.2 Å². The van der Waals surface area contributed by atoms with Gasteiger partial charge in [0.05, 0.1) is 35.4 Å². The minimum absolute atomic E-state index is 0.235. The molecule has 1 aliphatic heterocycles. The van der Waals surface area contributed by atoms with Gasteiger partial charge in [-0.25, -0.2) is 14.5 Å². The summed E-state index contributed by atoms with van der Waals surface area (Å²) < 4.78 is 3.62. The number of carbonyl (C=O) groups excluding carboxylic acids is 1. The molecule has 0 aromatic carbocycles. The maximum Gasteiger partial charge on any atom is 0.257 e. The standard InChI is InChI=1S/C29H28N10O/c1-36-7-9-38(10-8-36)27-4-3-22(15-30-27)35-29(40)20-11-23-24(16-32-28(23)31-13-20)19-5-6-39-26(12-19)25(17-34-39)21-14-33-37(2)18-21/h3-6,11-18H,7-10H2,1-2H3,(H,31,32)(H,35,40). The summed E-state index contributed by atoms with van der Waals surface area (Å²) in [5.41, 5.74) is 6.74. The second kappa shape index (κ2) is 9.62. The number of carbonyl (C=O) groups is 1. The van der Waals surface area contributed by atoms with Gasteiger partial charge in [0.1, 0.15) is 11.5 Å². The van der Waals surface area contributed by atoms with Crippen molar-refractivity contribution in [3.8, 4) is 22.3 Å². The molecule has 1 amide bonds. The first kappa shape index (κ1) is 24.0. The van der Waals surface area contributed by atoms with Gasteiger partial charge in [0.2, 0.25) is 0 Å². The second-order valence-electron chi connectivity index (χ2n) is 10.2. The van der Waals surface area contributed by atoms with Gasteiger partial charge in [0, 0.05) is 80.1 Å². The molecule has 1 saturated heterocycles. The number of piperazine rings is 1. The Morgan fingerprint density at radius 1 is 0.900 bits per heavy atom. The van der Waals surface area contributed by atoms with Crippen molar-refractivity contribution in [2.45, 2.75) is 0 Å². The van der Waals surface area contributed by atoms with Crippen LogP contribution in [0.4, 0.5) is 11.5 Å². The van der Waals surface area contributed by atoms with Gasteiger partial charge in [-0.1, -0.05) is 0 Å². The molecule has 11 nitrogen and oxygen atoms in total. The Morgan fingerprint density at radius 3 is 2.55 bits per heavy atom. The summed E-state index contributed by atoms with van der Waals surface area (Å²) in [5.74, 6) is 0.689. The van der Waals surface area contributed by atoms with Crippen LogP contribution in [0.2, 0.25) is 0 Å². The molecule has 7 heterocycles. The molecule has 6 aromatic rings. The smallest absolute Gasteiger partial charge is 0.257 e. The van der Waals surface area contributed by atoms with Gasteiger partial charge < -0.3 is 20.1 Å². The number of nitrogens with zero attached hydrogens (tertiary/aromatic N) is 8. The number of aromatic amines is 1. The lowest BCUT2D eigenvalue weighted by Crippen LogP contribution is -2.44. The third-order valence-electron chi connectivity index (χ3n) is 7.47. The summed E-state index contributed by atoms with van der Waals surface area (Å²) in [6, 6.07) is 9.83. The van der Waals surface area contributed by atoms with Crippen LogP contribution in [0.3, 0.4) is 0 Å². The van der Waals surface area contributed by atoms with Gasteiger partial charge >= 0.3 is 0 Å². The Labute approximate surface area is 230 Å². The van der Waals surface area contributed by atoms with Gasteiger partial charge in [0.25, 0.3) is 5.91 Å². The lowest BCUT2D eigenvalue weighted by Gasteiger charge is -2.33. The molecule has 1 aliphatic rings. The van der Waals surface area contributed by atoms with Crippen LogP contribution in [-0.2, 0) is 7.05 Å². The average molecular weight is 533 g/mol. The Kier molecular flexibility index (Phi) is 5.78. The van der Waals surface area contributed by atoms with E-state index in [0.717, 1.165) is 65.2 Å². The highest BCUT2D eigenvalue weighted by Gasteiger charge is 2.17. The van der Waals surface area contributed by atoms with Crippen molar-refractivity contribution in [3.63, 3.8) is 0 Å². The van der Waals surface area contributed by atoms with E-state index in [1.54, 1.807) is 17.1 Å². The fourth-order valence-electron chi connectivity index (χ4n) is 5.18. The second-order valence-corrected chi connectivity index (χ2v) is 10.2. The highest BCUT2D eigenvalue weighted by atomic mass is 16.1. The van der Waals surface area contributed by atoms with Crippen LogP contribution in [0, 0.1) is 0 Å². The van der Waals surface area contributed by atoms with Crippen LogP contribution < -0.4 is 10.2 Å². The fraction of sp³-hybridized carbons (Fsp3) is 0.207. The topological polar surface area (TPSA) is 112 Å². The highest BCUT2D eigenvalue weighted by molar-refractivity contribution is 6.07. The van der Waals surface area contributed by atoms with Gasteiger partial charge in [-0.15, -0.1) is 0 Å². The number of rotatable bonds is 5. The number of H-pyrrole nitrogens is 1. The first-order valence-electron chi connectivity index (χ1n) is 13.2. The van der Waals surface area contributed by atoms with Crippen molar-refractivity contribution < 1.29 is 4.79 Å². The van der Waals surface area contributed by atoms with E-state index < -0.39 is 0 Å². The predicted octanol–water partition coefficient (Wildman–Crippen LogP) is 3.68. The molecule has 200 valence electrons. The molecule has 7 rings (SSSR count). The van der Waals surface area contributed by atoms with E-state index in [1.165, 1.54) is 0 Å². The SMILES string of the molecule is CN1CCN(c2ccc(NC(=O)c3cnc4[nH]cc(-c5ccn6ncc(-c7cnn(C)c7)c6c5)c4c3)cn2)CC1. The summed E-state index contributed by atoms with van der Waals surface area (Å²) in [5, 5.41) is 12.6. The van der Waals surface area contributed by atoms with Crippen molar-refractivity contribution in [3.05, 3.63) is 79.3 Å². The summed E-state index contributed by atoms with van der Waals surface area (Å²) in [4.78, 5) is 30.1. The van der Waals surface area contributed by atoms with Gasteiger partial charge in [-0.05, 0) is 42.9 Å². The lowest BCUT2D eigenvalue weighted by molar-refractivity contribution is 0.102. The number of aromatic nitrogens is 7. The zero-order chi connectivity index (χ0) is 27.2. The number of aryl methyl sites for hydroxylation is 1. The van der Waals surface area contributed by atoms with Crippen LogP contribution in [0.1, 0.15) is 10.4 Å². The normalized spacial score (nSPS) is 14.3. The quantitative estimate of drug-likeness (QED) is 0.348. The van der Waals surface area contributed by atoms with E-state index in [0.29, 0.717) is 16.9 Å². The Hall–Kier alpha value is -5.03. The number of hydrogen-bond donors (Lipinski definition) is 2. The largest absolute Gasteiger partial charge is 0.354 e. The summed E-state index contributed by atoms with van der Waals surface area (Å²) in [6.07, 6.45) is 12.8. The van der Waals surface area contributed by atoms with Gasteiger partial charge in [0.15, 0.2) is 0 Å². The van der Waals surface area contributed by atoms with Crippen molar-refractivity contribution in [1.29, 1.82) is 0 Å². The Morgan fingerprint density at radius 2 is 1.77 bits per heavy atom. The molecule has 0 aliphatic carbocycles. The zero-order valence-corrected chi connectivity index (χ0v) is 22.2. The van der Waals surface area contributed by atoms with E-state index in [4.69, 9.17) is 0 Å². The minimum atomic E-state index is -0.235. The van der Waals surface area contributed by atoms with Gasteiger partial charge in [-0.2, -0.15) is 10.2 Å². The molecule has 0 bridgehead atoms. The maximum atomic E-state index is 13.2. The van der Waals surface area contributed by atoms with E-state index >= 15 is 0 Å². The fourth-order valence-corrected chi connectivity index (χ4v) is 5.18. The molecule has 0 saturated carbocycles. The molecule has 2 N–H and O–H groups in total. The van der Waals surface area contributed by atoms with Gasteiger partial charge in [-0.3, -0.25) is 9.48 Å². The molecule has 1 fully saturated rings. The molecular weight excluding hydrogens is 504 g/mol. The maximum absolute atomic E-state index is 13.2. The average Bonchev–Trinajstić information content (AvgIpc) is 3.71. The number of amides is 1. The minimum Gasteiger partial charge on any atom is -0.354 e. The highest BCUT2D eigenvalue weighted by Crippen LogP contribution is 2.32. The molecule has 11 heteroatoms. The van der Waals surface area contributed by atoms with E-state index in [2.05, 4.69) is 53.4 Å². The molecule has 0 radical (unpaired) electrons. The zero-order valence-electron chi connectivity index (χ0n) is 22.2. The number of pyridine rings is 3. The Bertz CT molecular complexity index is 1840. The van der Waals surface area contributed by atoms with E-state index in [1.807, 2.05) is 66.8 Å². The number of nitrogens with one attached hydrogen (secondary N) is 2. The summed E-state index contributed by atoms with van der Waals surface area (Å²) in [7, 11) is 4.03. The predicted molar refractivity (Wildman–Crippen MR) is 154 cm³/mol. The number of likely N-dealkylation sites (N-methyl/N-ethyl adjacent to an activating group) is 1. The molecule has 0 atom stereocenters. The van der Waals surface area contributed by atoms with Crippen LogP contribution in [0.15, 0.2) is 73.7 Å². The van der Waals surface area contributed by atoms with Crippen molar-refractivity contribution in [2.75, 3.05) is 43.4 Å². The van der Waals surface area contributed by atoms with Crippen molar-refractivity contribution in [2.24, 2.45) is 7.05 Å². The molecule has 40 heavy (non-hydrogen) atoms. The van der Waals surface area contributed by atoms with Crippen molar-refractivity contribution >= 4 is 34.0 Å². The third kappa shape index (κ3) is 4.35. The first-order valence-corrected chi connectivity index (χ1v) is 13.2. The van der Waals surface area contributed by atoms with Crippen LogP contribution >= 0.6 is 0 Å². The molecule has 0 unspecified atom stereocenters. The Balaban J connectivity index is 1.15. The van der Waals surface area contributed by atoms with Crippen LogP contribution in [0.25, 0.3) is 38.8 Å². The summed E-state index contributed by atoms with van der Waals surface area (Å²) in [6.45, 7) is 3.91. The van der Waals surface area contributed by atoms with Crippen LogP contribution in [-0.4, -0.2) is 78.4 Å². The van der Waals surface area contributed by atoms with E-state index in [-0.39, 0.29) is 5.91 Å². The number of fused-ring (bicyclic) bond motifs is 2. The molecule has 0 spiro atoms. The number of hydrogen-bond acceptors (Lipinski definition) is 7. The lowest BCUT2D eigenvalue weighted by atomic mass is 10.0. The number of anilines is 2. The summed E-state index contributed by atoms with van der Waals surface area (Å²) >= 11 is 0. The molecular formula is C29H28N10O. The monoisotopic (exact) mass is 532 g/mol. The van der Waals surface area contributed by atoms with Crippen LogP contribution in [0.5, 0.6) is 0 Å². The third-order valence-corrected chi connectivity index (χ3v) is 7.47.